The molecule has 1 rings (SSSR count). The minimum absolute atomic E-state index is 0.140. The van der Waals surface area contributed by atoms with Crippen molar-refractivity contribution in [1.82, 2.24) is 0 Å². The maximum atomic E-state index is 9.86. The summed E-state index contributed by atoms with van der Waals surface area (Å²) in [5.41, 5.74) is 3.05. The van der Waals surface area contributed by atoms with Crippen LogP contribution >= 0.6 is 0 Å². The van der Waals surface area contributed by atoms with Crippen molar-refractivity contribution in [3.05, 3.63) is 41.0 Å². The van der Waals surface area contributed by atoms with Gasteiger partial charge in [-0.1, -0.05) is 30.7 Å². The summed E-state index contributed by atoms with van der Waals surface area (Å²) >= 11 is 0. The van der Waals surface area contributed by atoms with Crippen molar-refractivity contribution in [2.75, 3.05) is 0 Å². The van der Waals surface area contributed by atoms with Crippen LogP contribution in [0, 0.1) is 6.92 Å². The maximum absolute atomic E-state index is 9.86. The molecule has 0 amide bonds. The van der Waals surface area contributed by atoms with E-state index >= 15 is 0 Å². The average Bonchev–Trinajstić information content (AvgIpc) is 2.15. The number of rotatable bonds is 4. The molecule has 17 heavy (non-hydrogen) atoms. The quantitative estimate of drug-likeness (QED) is 0.782. The first-order chi connectivity index (χ1) is 7.90. The Morgan fingerprint density at radius 3 is 2.53 bits per heavy atom. The Kier molecular flexibility index (Phi) is 4.76. The first-order valence-electron chi connectivity index (χ1n) is 6.02. The lowest BCUT2D eigenvalue weighted by atomic mass is 9.93. The molecule has 2 N–H and O–H groups in total. The minimum atomic E-state index is -0.448. The van der Waals surface area contributed by atoms with Crippen LogP contribution in [-0.2, 0) is 0 Å². The van der Waals surface area contributed by atoms with E-state index in [-0.39, 0.29) is 5.92 Å². The first kappa shape index (κ1) is 13.8. The Morgan fingerprint density at radius 2 is 2.00 bits per heavy atom. The molecule has 94 valence electrons. The molecule has 0 aliphatic rings. The highest BCUT2D eigenvalue weighted by molar-refractivity contribution is 5.38. The van der Waals surface area contributed by atoms with Crippen LogP contribution in [0.5, 0.6) is 5.75 Å². The highest BCUT2D eigenvalue weighted by Gasteiger charge is 2.13. The third kappa shape index (κ3) is 4.23. The topological polar surface area (TPSA) is 40.5 Å². The first-order valence-corrected chi connectivity index (χ1v) is 6.02. The van der Waals surface area contributed by atoms with Gasteiger partial charge in [0, 0.05) is 0 Å². The van der Waals surface area contributed by atoms with E-state index in [0.717, 1.165) is 16.7 Å². The number of phenolic OH excluding ortho intramolecular Hbond substituents is 1. The Balaban J connectivity index is 2.76. The monoisotopic (exact) mass is 234 g/mol. The van der Waals surface area contributed by atoms with Crippen LogP contribution in [-0.4, -0.2) is 16.3 Å². The Bertz CT molecular complexity index is 403. The number of hydrogen-bond acceptors (Lipinski definition) is 2. The maximum Gasteiger partial charge on any atom is 0.119 e. The second-order valence-corrected chi connectivity index (χ2v) is 5.01. The second-order valence-electron chi connectivity index (χ2n) is 5.01. The molecule has 0 aromatic heterocycles. The fourth-order valence-electron chi connectivity index (χ4n) is 2.01. The number of aliphatic hydroxyl groups excluding tert-OH is 1. The van der Waals surface area contributed by atoms with Gasteiger partial charge < -0.3 is 10.2 Å². The predicted molar refractivity (Wildman–Crippen MR) is 71.3 cm³/mol. The van der Waals surface area contributed by atoms with Crippen molar-refractivity contribution in [2.24, 2.45) is 0 Å². The van der Waals surface area contributed by atoms with Crippen LogP contribution in [0.25, 0.3) is 0 Å². The summed E-state index contributed by atoms with van der Waals surface area (Å²) < 4.78 is 0. The molecular weight excluding hydrogens is 212 g/mol. The Hall–Kier alpha value is -1.28. The zero-order valence-corrected chi connectivity index (χ0v) is 11.1. The highest BCUT2D eigenvalue weighted by Crippen LogP contribution is 2.29. The van der Waals surface area contributed by atoms with E-state index in [0.29, 0.717) is 12.2 Å². The van der Waals surface area contributed by atoms with Gasteiger partial charge in [0.25, 0.3) is 0 Å². The number of phenols is 1. The average molecular weight is 234 g/mol. The zero-order valence-electron chi connectivity index (χ0n) is 11.1. The van der Waals surface area contributed by atoms with Crippen molar-refractivity contribution in [2.45, 2.75) is 46.1 Å². The number of hydrogen-bond donors (Lipinski definition) is 2. The fraction of sp³-hybridized carbons (Fsp3) is 0.467. The van der Waals surface area contributed by atoms with Crippen LogP contribution in [0.4, 0.5) is 0 Å². The summed E-state index contributed by atoms with van der Waals surface area (Å²) in [5.74, 6) is 0.461. The van der Waals surface area contributed by atoms with Gasteiger partial charge in [-0.05, 0) is 50.3 Å². The number of allylic oxidation sites excluding steroid dienone is 1. The van der Waals surface area contributed by atoms with Crippen LogP contribution in [0.2, 0.25) is 0 Å². The SMILES string of the molecule is CC(C)=C[C@H](O)C[C@@H](C)c1ccc(C)cc1O. The molecule has 2 nitrogen and oxygen atoms in total. The van der Waals surface area contributed by atoms with Gasteiger partial charge in [-0.3, -0.25) is 0 Å². The number of benzene rings is 1. The lowest BCUT2D eigenvalue weighted by Crippen LogP contribution is -2.08. The molecule has 0 bridgehead atoms. The smallest absolute Gasteiger partial charge is 0.119 e. The van der Waals surface area contributed by atoms with Crippen molar-refractivity contribution < 1.29 is 10.2 Å². The van der Waals surface area contributed by atoms with E-state index in [1.807, 2.05) is 45.9 Å². The van der Waals surface area contributed by atoms with Crippen molar-refractivity contribution >= 4 is 0 Å². The van der Waals surface area contributed by atoms with Gasteiger partial charge in [-0.15, -0.1) is 0 Å². The number of aryl methyl sites for hydroxylation is 1. The van der Waals surface area contributed by atoms with Crippen LogP contribution in [0.1, 0.15) is 44.2 Å². The van der Waals surface area contributed by atoms with Gasteiger partial charge in [-0.25, -0.2) is 0 Å². The molecule has 0 saturated carbocycles. The largest absolute Gasteiger partial charge is 0.508 e. The van der Waals surface area contributed by atoms with E-state index < -0.39 is 6.10 Å². The molecule has 0 spiro atoms. The molecular formula is C15H22O2. The molecule has 0 saturated heterocycles. The van der Waals surface area contributed by atoms with Crippen LogP contribution < -0.4 is 0 Å². The van der Waals surface area contributed by atoms with Gasteiger partial charge in [0.1, 0.15) is 5.75 Å². The lowest BCUT2D eigenvalue weighted by Gasteiger charge is -2.16. The number of aromatic hydroxyl groups is 1. The third-order valence-electron chi connectivity index (χ3n) is 2.84. The predicted octanol–water partition coefficient (Wildman–Crippen LogP) is 3.52. The summed E-state index contributed by atoms with van der Waals surface area (Å²) in [5, 5.41) is 19.7. The number of aliphatic hydroxyl groups is 1. The van der Waals surface area contributed by atoms with Crippen LogP contribution in [0.3, 0.4) is 0 Å². The Labute approximate surface area is 104 Å². The normalized spacial score (nSPS) is 14.2. The molecule has 0 unspecified atom stereocenters. The summed E-state index contributed by atoms with van der Waals surface area (Å²) in [6.45, 7) is 7.91. The standard InChI is InChI=1S/C15H22O2/c1-10(2)7-13(16)9-12(4)14-6-5-11(3)8-15(14)17/h5-8,12-13,16-17H,9H2,1-4H3/t12-,13+/m1/s1. The summed E-state index contributed by atoms with van der Waals surface area (Å²) in [4.78, 5) is 0. The van der Waals surface area contributed by atoms with E-state index in [2.05, 4.69) is 0 Å². The lowest BCUT2D eigenvalue weighted by molar-refractivity contribution is 0.203. The fourth-order valence-corrected chi connectivity index (χ4v) is 2.01. The summed E-state index contributed by atoms with van der Waals surface area (Å²) in [6.07, 6.45) is 2.03. The summed E-state index contributed by atoms with van der Waals surface area (Å²) in [7, 11) is 0. The third-order valence-corrected chi connectivity index (χ3v) is 2.84. The van der Waals surface area contributed by atoms with E-state index in [1.54, 1.807) is 6.07 Å². The van der Waals surface area contributed by atoms with Crippen molar-refractivity contribution in [3.63, 3.8) is 0 Å². The minimum Gasteiger partial charge on any atom is -0.508 e. The van der Waals surface area contributed by atoms with Crippen molar-refractivity contribution in [3.8, 4) is 5.75 Å². The zero-order chi connectivity index (χ0) is 13.0. The van der Waals surface area contributed by atoms with Gasteiger partial charge >= 0.3 is 0 Å². The Morgan fingerprint density at radius 1 is 1.35 bits per heavy atom. The highest BCUT2D eigenvalue weighted by atomic mass is 16.3. The molecule has 2 heteroatoms. The van der Waals surface area contributed by atoms with Gasteiger partial charge in [-0.2, -0.15) is 0 Å². The molecule has 1 aromatic carbocycles. The van der Waals surface area contributed by atoms with Gasteiger partial charge in [0.05, 0.1) is 6.10 Å². The molecule has 0 aliphatic heterocycles. The molecule has 0 heterocycles. The van der Waals surface area contributed by atoms with E-state index in [9.17, 15) is 10.2 Å². The summed E-state index contributed by atoms with van der Waals surface area (Å²) in [6, 6.07) is 5.68. The van der Waals surface area contributed by atoms with Gasteiger partial charge in [0.15, 0.2) is 0 Å². The molecule has 0 radical (unpaired) electrons. The van der Waals surface area contributed by atoms with Gasteiger partial charge in [0.2, 0.25) is 0 Å². The van der Waals surface area contributed by atoms with E-state index in [1.165, 1.54) is 0 Å². The van der Waals surface area contributed by atoms with Crippen molar-refractivity contribution in [1.29, 1.82) is 0 Å². The molecule has 1 aromatic rings. The molecule has 0 aliphatic carbocycles. The second kappa shape index (κ2) is 5.87. The van der Waals surface area contributed by atoms with E-state index in [4.69, 9.17) is 0 Å². The molecule has 0 fully saturated rings. The molecule has 2 atom stereocenters. The van der Waals surface area contributed by atoms with Crippen LogP contribution in [0.15, 0.2) is 29.8 Å².